The average Bonchev–Trinajstić information content (AvgIpc) is 3.36. The summed E-state index contributed by atoms with van der Waals surface area (Å²) in [5.41, 5.74) is 2.54. The Hall–Kier alpha value is -2.93. The third-order valence-corrected chi connectivity index (χ3v) is 5.16. The Morgan fingerprint density at radius 2 is 2.07 bits per heavy atom. The van der Waals surface area contributed by atoms with E-state index in [1.54, 1.807) is 11.3 Å². The standard InChI is InChI=1S/C20H20N4O2S/c1-3-10-24-16-8-5-4-7-14(16)22-20(24)23-18(25)12-15-13(2)26-19(21-15)17-9-6-11-27-17/h4-9,11H,3,10,12H2,1-2H3,(H,22,23,25). The molecule has 138 valence electrons. The molecule has 0 aliphatic rings. The Kier molecular flexibility index (Phi) is 4.77. The molecule has 0 spiro atoms. The number of fused-ring (bicyclic) bond motifs is 1. The smallest absolute Gasteiger partial charge is 0.236 e. The maximum absolute atomic E-state index is 12.6. The minimum Gasteiger partial charge on any atom is -0.440 e. The number of hydrogen-bond acceptors (Lipinski definition) is 5. The minimum atomic E-state index is -0.156. The van der Waals surface area contributed by atoms with E-state index in [9.17, 15) is 4.79 Å². The number of benzene rings is 1. The van der Waals surface area contributed by atoms with Crippen molar-refractivity contribution >= 4 is 34.2 Å². The number of aryl methyl sites for hydroxylation is 2. The number of rotatable bonds is 6. The first-order chi connectivity index (χ1) is 13.2. The second-order valence-electron chi connectivity index (χ2n) is 6.30. The van der Waals surface area contributed by atoms with Crippen molar-refractivity contribution in [3.05, 3.63) is 53.2 Å². The third kappa shape index (κ3) is 3.50. The van der Waals surface area contributed by atoms with Crippen molar-refractivity contribution in [1.29, 1.82) is 0 Å². The number of nitrogens with one attached hydrogen (secondary N) is 1. The molecular weight excluding hydrogens is 360 g/mol. The van der Waals surface area contributed by atoms with Crippen LogP contribution in [0.3, 0.4) is 0 Å². The Bertz CT molecular complexity index is 1080. The zero-order valence-corrected chi connectivity index (χ0v) is 16.0. The second-order valence-corrected chi connectivity index (χ2v) is 7.25. The lowest BCUT2D eigenvalue weighted by molar-refractivity contribution is -0.115. The van der Waals surface area contributed by atoms with Gasteiger partial charge in [-0.2, -0.15) is 0 Å². The molecule has 0 bridgehead atoms. The van der Waals surface area contributed by atoms with Crippen LogP contribution in [-0.4, -0.2) is 20.4 Å². The lowest BCUT2D eigenvalue weighted by Crippen LogP contribution is -2.18. The van der Waals surface area contributed by atoms with Crippen molar-refractivity contribution in [3.8, 4) is 10.8 Å². The lowest BCUT2D eigenvalue weighted by Gasteiger charge is -2.08. The monoisotopic (exact) mass is 380 g/mol. The van der Waals surface area contributed by atoms with Gasteiger partial charge in [0.15, 0.2) is 0 Å². The summed E-state index contributed by atoms with van der Waals surface area (Å²) in [5, 5.41) is 4.91. The quantitative estimate of drug-likeness (QED) is 0.528. The molecule has 0 unspecified atom stereocenters. The summed E-state index contributed by atoms with van der Waals surface area (Å²) in [6.45, 7) is 4.73. The van der Waals surface area contributed by atoms with E-state index in [-0.39, 0.29) is 12.3 Å². The van der Waals surface area contributed by atoms with E-state index in [1.165, 1.54) is 0 Å². The van der Waals surface area contributed by atoms with E-state index in [1.807, 2.05) is 53.3 Å². The average molecular weight is 380 g/mol. The minimum absolute atomic E-state index is 0.149. The van der Waals surface area contributed by atoms with Crippen molar-refractivity contribution < 1.29 is 9.21 Å². The van der Waals surface area contributed by atoms with Gasteiger partial charge in [-0.3, -0.25) is 10.1 Å². The summed E-state index contributed by atoms with van der Waals surface area (Å²) in [6, 6.07) is 11.8. The van der Waals surface area contributed by atoms with Crippen molar-refractivity contribution in [1.82, 2.24) is 14.5 Å². The molecule has 7 heteroatoms. The summed E-state index contributed by atoms with van der Waals surface area (Å²) < 4.78 is 7.76. The van der Waals surface area contributed by atoms with Gasteiger partial charge < -0.3 is 8.98 Å². The molecule has 3 heterocycles. The van der Waals surface area contributed by atoms with Crippen LogP contribution in [0.4, 0.5) is 5.95 Å². The number of oxazole rings is 1. The van der Waals surface area contributed by atoms with E-state index in [0.717, 1.165) is 28.9 Å². The van der Waals surface area contributed by atoms with Crippen LogP contribution in [0, 0.1) is 6.92 Å². The first-order valence-corrected chi connectivity index (χ1v) is 9.79. The van der Waals surface area contributed by atoms with Crippen LogP contribution in [0.15, 0.2) is 46.2 Å². The fraction of sp³-hybridized carbons (Fsp3) is 0.250. The number of hydrogen-bond donors (Lipinski definition) is 1. The van der Waals surface area contributed by atoms with Crippen LogP contribution in [0.2, 0.25) is 0 Å². The van der Waals surface area contributed by atoms with Gasteiger partial charge in [0, 0.05) is 6.54 Å². The fourth-order valence-corrected chi connectivity index (χ4v) is 3.69. The first kappa shape index (κ1) is 17.5. The number of para-hydroxylation sites is 2. The van der Waals surface area contributed by atoms with Gasteiger partial charge in [0.1, 0.15) is 5.76 Å². The summed E-state index contributed by atoms with van der Waals surface area (Å²) in [4.78, 5) is 22.6. The van der Waals surface area contributed by atoms with Crippen molar-refractivity contribution in [2.45, 2.75) is 33.2 Å². The summed E-state index contributed by atoms with van der Waals surface area (Å²) >= 11 is 1.56. The van der Waals surface area contributed by atoms with Crippen LogP contribution in [0.5, 0.6) is 0 Å². The van der Waals surface area contributed by atoms with Gasteiger partial charge >= 0.3 is 0 Å². The Morgan fingerprint density at radius 1 is 1.22 bits per heavy atom. The van der Waals surface area contributed by atoms with Crippen LogP contribution < -0.4 is 5.32 Å². The van der Waals surface area contributed by atoms with Crippen molar-refractivity contribution in [3.63, 3.8) is 0 Å². The highest BCUT2D eigenvalue weighted by Gasteiger charge is 2.17. The Morgan fingerprint density at radius 3 is 2.85 bits per heavy atom. The van der Waals surface area contributed by atoms with Gasteiger partial charge in [-0.15, -0.1) is 11.3 Å². The van der Waals surface area contributed by atoms with Crippen LogP contribution in [-0.2, 0) is 17.8 Å². The number of anilines is 1. The largest absolute Gasteiger partial charge is 0.440 e. The Labute approximate surface area is 160 Å². The molecule has 6 nitrogen and oxygen atoms in total. The molecule has 1 amide bonds. The molecule has 0 atom stereocenters. The zero-order valence-electron chi connectivity index (χ0n) is 15.2. The number of nitrogens with zero attached hydrogens (tertiary/aromatic N) is 3. The SMILES string of the molecule is CCCn1c(NC(=O)Cc2nc(-c3cccs3)oc2C)nc2ccccc21. The molecule has 3 aromatic heterocycles. The normalized spacial score (nSPS) is 11.2. The van der Waals surface area contributed by atoms with Crippen LogP contribution in [0.1, 0.15) is 24.8 Å². The number of thiophene rings is 1. The van der Waals surface area contributed by atoms with Gasteiger partial charge in [-0.1, -0.05) is 25.1 Å². The van der Waals surface area contributed by atoms with Gasteiger partial charge in [-0.05, 0) is 36.9 Å². The van der Waals surface area contributed by atoms with E-state index in [4.69, 9.17) is 4.42 Å². The fourth-order valence-electron chi connectivity index (χ4n) is 3.04. The highest BCUT2D eigenvalue weighted by atomic mass is 32.1. The molecule has 4 rings (SSSR count). The topological polar surface area (TPSA) is 73.0 Å². The predicted octanol–water partition coefficient (Wildman–Crippen LogP) is 4.65. The molecule has 0 radical (unpaired) electrons. The molecule has 0 saturated heterocycles. The highest BCUT2D eigenvalue weighted by Crippen LogP contribution is 2.26. The molecule has 0 saturated carbocycles. The Balaban J connectivity index is 1.55. The van der Waals surface area contributed by atoms with Gasteiger partial charge in [0.25, 0.3) is 0 Å². The summed E-state index contributed by atoms with van der Waals surface area (Å²) in [5.74, 6) is 1.64. The van der Waals surface area contributed by atoms with Crippen LogP contribution in [0.25, 0.3) is 21.8 Å². The van der Waals surface area contributed by atoms with Crippen molar-refractivity contribution in [2.24, 2.45) is 0 Å². The highest BCUT2D eigenvalue weighted by molar-refractivity contribution is 7.13. The van der Waals surface area contributed by atoms with E-state index >= 15 is 0 Å². The third-order valence-electron chi connectivity index (χ3n) is 4.31. The maximum Gasteiger partial charge on any atom is 0.236 e. The van der Waals surface area contributed by atoms with Gasteiger partial charge in [-0.25, -0.2) is 9.97 Å². The van der Waals surface area contributed by atoms with E-state index in [2.05, 4.69) is 22.2 Å². The number of amides is 1. The molecule has 27 heavy (non-hydrogen) atoms. The summed E-state index contributed by atoms with van der Waals surface area (Å²) in [7, 11) is 0. The number of imidazole rings is 1. The second kappa shape index (κ2) is 7.36. The van der Waals surface area contributed by atoms with E-state index < -0.39 is 0 Å². The van der Waals surface area contributed by atoms with Gasteiger partial charge in [0.2, 0.25) is 17.7 Å². The van der Waals surface area contributed by atoms with Gasteiger partial charge in [0.05, 0.1) is 28.0 Å². The lowest BCUT2D eigenvalue weighted by atomic mass is 10.2. The molecule has 1 N–H and O–H groups in total. The zero-order chi connectivity index (χ0) is 18.8. The van der Waals surface area contributed by atoms with Crippen molar-refractivity contribution in [2.75, 3.05) is 5.32 Å². The molecule has 4 aromatic rings. The number of carbonyl (C=O) groups is 1. The molecule has 0 fully saturated rings. The summed E-state index contributed by atoms with van der Waals surface area (Å²) in [6.07, 6.45) is 1.10. The predicted molar refractivity (Wildman–Crippen MR) is 107 cm³/mol. The molecule has 0 aliphatic heterocycles. The first-order valence-electron chi connectivity index (χ1n) is 8.91. The molecule has 1 aromatic carbocycles. The molecule has 0 aliphatic carbocycles. The molecular formula is C20H20N4O2S. The number of aromatic nitrogens is 3. The maximum atomic E-state index is 12.6. The number of carbonyl (C=O) groups excluding carboxylic acids is 1. The van der Waals surface area contributed by atoms with E-state index in [0.29, 0.717) is 23.3 Å². The van der Waals surface area contributed by atoms with Crippen LogP contribution >= 0.6 is 11.3 Å².